The molecule has 5 rings (SSSR count). The first-order valence-electron chi connectivity index (χ1n) is 15.2. The van der Waals surface area contributed by atoms with E-state index < -0.39 is 17.2 Å². The number of fused-ring (bicyclic) bond motifs is 1. The van der Waals surface area contributed by atoms with Crippen molar-refractivity contribution < 1.29 is 19.1 Å². The average Bonchev–Trinajstić information content (AvgIpc) is 3.49. The maximum Gasteiger partial charge on any atom is 0.412 e. The zero-order valence-electron chi connectivity index (χ0n) is 26.6. The molecule has 1 unspecified atom stereocenters. The first kappa shape index (κ1) is 31.1. The summed E-state index contributed by atoms with van der Waals surface area (Å²) in [7, 11) is 4.07. The Morgan fingerprint density at radius 2 is 1.59 bits per heavy atom. The van der Waals surface area contributed by atoms with Gasteiger partial charge in [-0.1, -0.05) is 30.3 Å². The maximum atomic E-state index is 13.9. The first-order chi connectivity index (χ1) is 20.8. The van der Waals surface area contributed by atoms with Crippen molar-refractivity contribution in [3.63, 3.8) is 0 Å². The number of carbonyl (C=O) groups excluding carboxylic acids is 3. The Bertz CT molecular complexity index is 1550. The second-order valence-electron chi connectivity index (χ2n) is 13.3. The van der Waals surface area contributed by atoms with Crippen LogP contribution in [0.25, 0.3) is 0 Å². The number of carbonyl (C=O) groups is 3. The lowest BCUT2D eigenvalue weighted by Gasteiger charge is -2.36. The summed E-state index contributed by atoms with van der Waals surface area (Å²) in [5.41, 5.74) is 4.95. The van der Waals surface area contributed by atoms with Crippen LogP contribution >= 0.6 is 0 Å². The molecule has 2 N–H and O–H groups in total. The van der Waals surface area contributed by atoms with Gasteiger partial charge in [0.2, 0.25) is 0 Å². The van der Waals surface area contributed by atoms with Crippen molar-refractivity contribution in [3.05, 3.63) is 89.0 Å². The molecule has 1 heterocycles. The van der Waals surface area contributed by atoms with Gasteiger partial charge in [0.25, 0.3) is 5.91 Å². The van der Waals surface area contributed by atoms with Crippen LogP contribution in [0, 0.1) is 0 Å². The molecule has 3 aromatic rings. The summed E-state index contributed by atoms with van der Waals surface area (Å²) in [6.07, 6.45) is 2.73. The summed E-state index contributed by atoms with van der Waals surface area (Å²) in [4.78, 5) is 45.3. The van der Waals surface area contributed by atoms with Crippen molar-refractivity contribution in [1.29, 1.82) is 0 Å². The Kier molecular flexibility index (Phi) is 8.70. The predicted octanol–water partition coefficient (Wildman–Crippen LogP) is 6.54. The van der Waals surface area contributed by atoms with Crippen LogP contribution in [0.1, 0.15) is 61.2 Å². The van der Waals surface area contributed by atoms with Crippen LogP contribution in [-0.2, 0) is 24.1 Å². The number of para-hydroxylation sites is 2. The highest BCUT2D eigenvalue weighted by Gasteiger charge is 2.47. The van der Waals surface area contributed by atoms with E-state index in [9.17, 15) is 14.4 Å². The minimum Gasteiger partial charge on any atom is -0.444 e. The first-order valence-corrected chi connectivity index (χ1v) is 15.2. The Labute approximate surface area is 260 Å². The standard InChI is InChI=1S/C35H43N5O4/c1-34(2,3)44-32(42)37-30-13-8-7-12-29(30)36-31(41)26-16-14-24(15-17-26)21-39-23-35(4,22-38(5)6)40(33(39)43)28-19-18-25-10-9-11-27(25)20-28/h7-8,12-20H,9-11,21-23H2,1-6H3,(H,36,41)(H,37,42). The molecule has 2 aliphatic rings. The van der Waals surface area contributed by atoms with Gasteiger partial charge in [0, 0.05) is 30.9 Å². The van der Waals surface area contributed by atoms with Gasteiger partial charge < -0.3 is 19.9 Å². The zero-order chi connectivity index (χ0) is 31.6. The number of nitrogens with zero attached hydrogens (tertiary/aromatic N) is 3. The van der Waals surface area contributed by atoms with E-state index in [1.807, 2.05) is 36.0 Å². The van der Waals surface area contributed by atoms with E-state index in [1.165, 1.54) is 11.1 Å². The van der Waals surface area contributed by atoms with Gasteiger partial charge in [-0.3, -0.25) is 15.0 Å². The number of rotatable bonds is 8. The van der Waals surface area contributed by atoms with E-state index in [-0.39, 0.29) is 11.9 Å². The van der Waals surface area contributed by atoms with Gasteiger partial charge in [-0.25, -0.2) is 9.59 Å². The van der Waals surface area contributed by atoms with Crippen molar-refractivity contribution in [3.8, 4) is 0 Å². The molecule has 9 nitrogen and oxygen atoms in total. The Hall–Kier alpha value is -4.37. The van der Waals surface area contributed by atoms with Crippen LogP contribution in [0.4, 0.5) is 26.7 Å². The van der Waals surface area contributed by atoms with Crippen LogP contribution < -0.4 is 15.5 Å². The van der Waals surface area contributed by atoms with E-state index in [2.05, 4.69) is 40.7 Å². The van der Waals surface area contributed by atoms with E-state index in [0.717, 1.165) is 37.1 Å². The molecule has 44 heavy (non-hydrogen) atoms. The number of ether oxygens (including phenoxy) is 1. The van der Waals surface area contributed by atoms with Crippen molar-refractivity contribution >= 4 is 35.1 Å². The number of hydrogen-bond donors (Lipinski definition) is 2. The minimum absolute atomic E-state index is 0.0109. The molecule has 4 amide bonds. The molecule has 0 bridgehead atoms. The number of likely N-dealkylation sites (N-methyl/N-ethyl adjacent to an activating group) is 1. The van der Waals surface area contributed by atoms with E-state index in [4.69, 9.17) is 4.74 Å². The Morgan fingerprint density at radius 3 is 2.25 bits per heavy atom. The molecule has 232 valence electrons. The molecule has 3 aromatic carbocycles. The molecule has 0 radical (unpaired) electrons. The molecular weight excluding hydrogens is 554 g/mol. The number of amides is 4. The van der Waals surface area contributed by atoms with Gasteiger partial charge >= 0.3 is 12.1 Å². The van der Waals surface area contributed by atoms with Gasteiger partial charge in [-0.05, 0) is 114 Å². The third kappa shape index (κ3) is 7.05. The highest BCUT2D eigenvalue weighted by Crippen LogP contribution is 2.36. The number of benzene rings is 3. The van der Waals surface area contributed by atoms with Crippen LogP contribution in [0.5, 0.6) is 0 Å². The van der Waals surface area contributed by atoms with Gasteiger partial charge in [0.05, 0.1) is 16.9 Å². The number of hydrogen-bond acceptors (Lipinski definition) is 5. The van der Waals surface area contributed by atoms with Gasteiger partial charge in [-0.15, -0.1) is 0 Å². The second kappa shape index (κ2) is 12.3. The Balaban J connectivity index is 1.28. The van der Waals surface area contributed by atoms with Crippen molar-refractivity contribution in [2.75, 3.05) is 42.7 Å². The number of aryl methyl sites for hydroxylation is 2. The third-order valence-corrected chi connectivity index (χ3v) is 7.93. The molecule has 0 saturated carbocycles. The molecule has 1 fully saturated rings. The molecule has 0 aromatic heterocycles. The summed E-state index contributed by atoms with van der Waals surface area (Å²) < 4.78 is 5.35. The van der Waals surface area contributed by atoms with Crippen molar-refractivity contribution in [2.45, 2.75) is 64.6 Å². The highest BCUT2D eigenvalue weighted by molar-refractivity contribution is 6.07. The quantitative estimate of drug-likeness (QED) is 0.308. The van der Waals surface area contributed by atoms with Gasteiger partial charge in [0.1, 0.15) is 5.60 Å². The number of nitrogens with one attached hydrogen (secondary N) is 2. The average molecular weight is 598 g/mol. The fourth-order valence-corrected chi connectivity index (χ4v) is 6.26. The summed E-state index contributed by atoms with van der Waals surface area (Å²) in [5, 5.41) is 5.58. The Morgan fingerprint density at radius 1 is 0.932 bits per heavy atom. The molecule has 0 spiro atoms. The highest BCUT2D eigenvalue weighted by atomic mass is 16.6. The minimum atomic E-state index is -0.644. The second-order valence-corrected chi connectivity index (χ2v) is 13.3. The normalized spacial score (nSPS) is 18.0. The van der Waals surface area contributed by atoms with E-state index in [1.54, 1.807) is 57.2 Å². The van der Waals surface area contributed by atoms with Crippen LogP contribution in [0.15, 0.2) is 66.7 Å². The van der Waals surface area contributed by atoms with Gasteiger partial charge in [-0.2, -0.15) is 0 Å². The largest absolute Gasteiger partial charge is 0.444 e. The third-order valence-electron chi connectivity index (χ3n) is 7.93. The molecule has 1 saturated heterocycles. The van der Waals surface area contributed by atoms with Crippen LogP contribution in [0.3, 0.4) is 0 Å². The van der Waals surface area contributed by atoms with E-state index in [0.29, 0.717) is 30.0 Å². The zero-order valence-corrected chi connectivity index (χ0v) is 26.6. The molecule has 9 heteroatoms. The predicted molar refractivity (Wildman–Crippen MR) is 174 cm³/mol. The summed E-state index contributed by atoms with van der Waals surface area (Å²) in [5.74, 6) is -0.311. The molecule has 1 atom stereocenters. The lowest BCUT2D eigenvalue weighted by atomic mass is 9.99. The fraction of sp³-hybridized carbons (Fsp3) is 0.400. The topological polar surface area (TPSA) is 94.2 Å². The summed E-state index contributed by atoms with van der Waals surface area (Å²) in [6.45, 7) is 9.28. The SMILES string of the molecule is CN(C)CC1(C)CN(Cc2ccc(C(=O)Nc3ccccc3NC(=O)OC(C)(C)C)cc2)C(=O)N1c1ccc2c(c1)CCC2. The molecular formula is C35H43N5O4. The molecule has 1 aliphatic heterocycles. The smallest absolute Gasteiger partial charge is 0.412 e. The molecule has 1 aliphatic carbocycles. The lowest BCUT2D eigenvalue weighted by molar-refractivity contribution is 0.0635. The van der Waals surface area contributed by atoms with Crippen molar-refractivity contribution in [1.82, 2.24) is 9.80 Å². The van der Waals surface area contributed by atoms with Crippen LogP contribution in [0.2, 0.25) is 0 Å². The fourth-order valence-electron chi connectivity index (χ4n) is 6.26. The monoisotopic (exact) mass is 597 g/mol. The maximum absolute atomic E-state index is 13.9. The number of anilines is 3. The summed E-state index contributed by atoms with van der Waals surface area (Å²) in [6, 6.07) is 20.7. The van der Waals surface area contributed by atoms with Crippen molar-refractivity contribution in [2.24, 2.45) is 0 Å². The van der Waals surface area contributed by atoms with E-state index >= 15 is 0 Å². The summed E-state index contributed by atoms with van der Waals surface area (Å²) >= 11 is 0. The number of urea groups is 1. The van der Waals surface area contributed by atoms with Gasteiger partial charge in [0.15, 0.2) is 0 Å². The van der Waals surface area contributed by atoms with Crippen LogP contribution in [-0.4, -0.2) is 66.2 Å². The lowest BCUT2D eigenvalue weighted by Crippen LogP contribution is -2.51.